The number of benzene rings is 1. The van der Waals surface area contributed by atoms with Gasteiger partial charge in [-0.15, -0.1) is 12.4 Å². The largest absolute Gasteiger partial charge is 0.319 e. The molecule has 1 atom stereocenters. The van der Waals surface area contributed by atoms with Gasteiger partial charge in [-0.2, -0.15) is 0 Å². The number of hydrogen-bond donors (Lipinski definition) is 1. The first-order valence-electron chi connectivity index (χ1n) is 6.95. The Morgan fingerprint density at radius 3 is 2.45 bits per heavy atom. The molecule has 0 spiro atoms. The smallest absolute Gasteiger partial charge is 0.0595 e. The molecule has 1 heterocycles. The summed E-state index contributed by atoms with van der Waals surface area (Å²) in [5.41, 5.74) is 1.25. The highest BCUT2D eigenvalue weighted by Gasteiger charge is 2.23. The Balaban J connectivity index is 0.00000200. The number of likely N-dealkylation sites (tertiary alicyclic amines) is 1. The molecule has 1 aliphatic rings. The summed E-state index contributed by atoms with van der Waals surface area (Å²) in [5, 5.41) is 4.56. The molecule has 1 N–H and O–H groups in total. The van der Waals surface area contributed by atoms with E-state index in [0.717, 1.165) is 25.6 Å². The van der Waals surface area contributed by atoms with Gasteiger partial charge >= 0.3 is 0 Å². The van der Waals surface area contributed by atoms with E-state index in [1.807, 2.05) is 19.2 Å². The lowest BCUT2D eigenvalue weighted by Crippen LogP contribution is -2.38. The summed E-state index contributed by atoms with van der Waals surface area (Å²) < 4.78 is 0. The first-order chi connectivity index (χ1) is 9.11. The average molecular weight is 338 g/mol. The van der Waals surface area contributed by atoms with Gasteiger partial charge in [0, 0.05) is 6.04 Å². The third-order valence-electron chi connectivity index (χ3n) is 4.12. The molecule has 20 heavy (non-hydrogen) atoms. The van der Waals surface area contributed by atoms with Crippen molar-refractivity contribution < 1.29 is 0 Å². The first-order valence-corrected chi connectivity index (χ1v) is 7.71. The molecule has 0 radical (unpaired) electrons. The number of piperidine rings is 1. The monoisotopic (exact) mass is 336 g/mol. The predicted octanol–water partition coefficient (Wildman–Crippen LogP) is 4.41. The van der Waals surface area contributed by atoms with Gasteiger partial charge in [-0.05, 0) is 70.1 Å². The van der Waals surface area contributed by atoms with E-state index in [9.17, 15) is 0 Å². The number of halogens is 3. The van der Waals surface area contributed by atoms with Crippen LogP contribution < -0.4 is 5.32 Å². The summed E-state index contributed by atoms with van der Waals surface area (Å²) in [6.45, 7) is 5.70. The predicted molar refractivity (Wildman–Crippen MR) is 90.3 cm³/mol. The topological polar surface area (TPSA) is 15.3 Å². The molecule has 114 valence electrons. The lowest BCUT2D eigenvalue weighted by molar-refractivity contribution is 0.141. The third kappa shape index (κ3) is 4.51. The number of rotatable bonds is 4. The minimum absolute atomic E-state index is 0. The maximum atomic E-state index is 6.10. The lowest BCUT2D eigenvalue weighted by Gasteiger charge is -2.36. The minimum atomic E-state index is 0. The van der Waals surface area contributed by atoms with E-state index in [1.165, 1.54) is 18.4 Å². The first kappa shape index (κ1) is 18.1. The summed E-state index contributed by atoms with van der Waals surface area (Å²) in [6.07, 6.45) is 2.54. The molecule has 1 fully saturated rings. The molecule has 0 saturated carbocycles. The molecule has 1 unspecified atom stereocenters. The second-order valence-corrected chi connectivity index (χ2v) is 6.20. The zero-order chi connectivity index (χ0) is 13.8. The zero-order valence-corrected chi connectivity index (χ0v) is 14.4. The fourth-order valence-electron chi connectivity index (χ4n) is 2.82. The molecule has 0 bridgehead atoms. The molecule has 5 heteroatoms. The van der Waals surface area contributed by atoms with Crippen LogP contribution in [-0.2, 0) is 0 Å². The van der Waals surface area contributed by atoms with Gasteiger partial charge in [-0.3, -0.25) is 4.90 Å². The van der Waals surface area contributed by atoms with Crippen LogP contribution in [0.3, 0.4) is 0 Å². The second kappa shape index (κ2) is 8.45. The molecule has 1 aliphatic heterocycles. The van der Waals surface area contributed by atoms with Crippen molar-refractivity contribution in [3.05, 3.63) is 33.8 Å². The molecule has 1 saturated heterocycles. The van der Waals surface area contributed by atoms with Crippen molar-refractivity contribution in [3.8, 4) is 0 Å². The van der Waals surface area contributed by atoms with E-state index in [2.05, 4.69) is 23.2 Å². The SMILES string of the molecule is CNCC1CCN(C(C)c2ccc(Cl)c(Cl)c2)CC1.Cl. The quantitative estimate of drug-likeness (QED) is 0.875. The number of nitrogens with zero attached hydrogens (tertiary/aromatic N) is 1. The molecule has 2 rings (SSSR count). The molecule has 1 aromatic carbocycles. The Hall–Kier alpha value is 0.01000. The van der Waals surface area contributed by atoms with Gasteiger partial charge in [0.1, 0.15) is 0 Å². The second-order valence-electron chi connectivity index (χ2n) is 5.39. The number of hydrogen-bond acceptors (Lipinski definition) is 2. The Morgan fingerprint density at radius 2 is 1.90 bits per heavy atom. The van der Waals surface area contributed by atoms with Gasteiger partial charge in [0.05, 0.1) is 10.0 Å². The van der Waals surface area contributed by atoms with Crippen LogP contribution in [0.5, 0.6) is 0 Å². The summed E-state index contributed by atoms with van der Waals surface area (Å²) in [6, 6.07) is 6.38. The summed E-state index contributed by atoms with van der Waals surface area (Å²) in [5.74, 6) is 0.822. The van der Waals surface area contributed by atoms with Gasteiger partial charge in [-0.25, -0.2) is 0 Å². The van der Waals surface area contributed by atoms with Crippen molar-refractivity contribution in [2.45, 2.75) is 25.8 Å². The maximum absolute atomic E-state index is 6.10. The molecule has 0 aliphatic carbocycles. The van der Waals surface area contributed by atoms with Crippen LogP contribution in [0.1, 0.15) is 31.4 Å². The standard InChI is InChI=1S/C15H22Cl2N2.ClH/c1-11(13-3-4-14(16)15(17)9-13)19-7-5-12(6-8-19)10-18-2;/h3-4,9,11-12,18H,5-8,10H2,1-2H3;1H. The van der Waals surface area contributed by atoms with E-state index in [0.29, 0.717) is 16.1 Å². The van der Waals surface area contributed by atoms with Crippen molar-refractivity contribution in [1.29, 1.82) is 0 Å². The third-order valence-corrected chi connectivity index (χ3v) is 4.85. The van der Waals surface area contributed by atoms with Crippen LogP contribution in [0, 0.1) is 5.92 Å². The highest BCUT2D eigenvalue weighted by atomic mass is 35.5. The molecular formula is C15H23Cl3N2. The van der Waals surface area contributed by atoms with E-state index in [4.69, 9.17) is 23.2 Å². The van der Waals surface area contributed by atoms with Crippen molar-refractivity contribution >= 4 is 35.6 Å². The van der Waals surface area contributed by atoms with Crippen LogP contribution in [0.4, 0.5) is 0 Å². The summed E-state index contributed by atoms with van der Waals surface area (Å²) >= 11 is 12.1. The minimum Gasteiger partial charge on any atom is -0.319 e. The number of nitrogens with one attached hydrogen (secondary N) is 1. The van der Waals surface area contributed by atoms with Crippen molar-refractivity contribution in [1.82, 2.24) is 10.2 Å². The molecule has 2 nitrogen and oxygen atoms in total. The fourth-order valence-corrected chi connectivity index (χ4v) is 3.12. The molecule has 1 aromatic rings. The Bertz CT molecular complexity index is 418. The van der Waals surface area contributed by atoms with Crippen LogP contribution >= 0.6 is 35.6 Å². The van der Waals surface area contributed by atoms with Crippen molar-refractivity contribution in [2.24, 2.45) is 5.92 Å². The lowest BCUT2D eigenvalue weighted by atomic mass is 9.94. The van der Waals surface area contributed by atoms with Crippen LogP contribution in [0.2, 0.25) is 10.0 Å². The van der Waals surface area contributed by atoms with Crippen LogP contribution in [0.15, 0.2) is 18.2 Å². The van der Waals surface area contributed by atoms with E-state index in [1.54, 1.807) is 0 Å². The normalized spacial score (nSPS) is 18.6. The van der Waals surface area contributed by atoms with Crippen LogP contribution in [0.25, 0.3) is 0 Å². The Labute approximate surface area is 138 Å². The zero-order valence-electron chi connectivity index (χ0n) is 12.0. The van der Waals surface area contributed by atoms with Crippen molar-refractivity contribution in [3.63, 3.8) is 0 Å². The van der Waals surface area contributed by atoms with Gasteiger partial charge < -0.3 is 5.32 Å². The van der Waals surface area contributed by atoms with E-state index < -0.39 is 0 Å². The highest BCUT2D eigenvalue weighted by molar-refractivity contribution is 6.42. The Kier molecular flexibility index (Phi) is 7.63. The fraction of sp³-hybridized carbons (Fsp3) is 0.600. The van der Waals surface area contributed by atoms with Gasteiger partial charge in [-0.1, -0.05) is 29.3 Å². The summed E-state index contributed by atoms with van der Waals surface area (Å²) in [7, 11) is 2.03. The average Bonchev–Trinajstić information content (AvgIpc) is 2.42. The Morgan fingerprint density at radius 1 is 1.25 bits per heavy atom. The molecular weight excluding hydrogens is 315 g/mol. The molecule has 0 aromatic heterocycles. The van der Waals surface area contributed by atoms with E-state index in [-0.39, 0.29) is 12.4 Å². The van der Waals surface area contributed by atoms with Gasteiger partial charge in [0.2, 0.25) is 0 Å². The van der Waals surface area contributed by atoms with Gasteiger partial charge in [0.25, 0.3) is 0 Å². The van der Waals surface area contributed by atoms with Crippen LogP contribution in [-0.4, -0.2) is 31.6 Å². The summed E-state index contributed by atoms with van der Waals surface area (Å²) in [4.78, 5) is 2.53. The van der Waals surface area contributed by atoms with Crippen molar-refractivity contribution in [2.75, 3.05) is 26.7 Å². The molecule has 0 amide bonds. The van der Waals surface area contributed by atoms with Gasteiger partial charge in [0.15, 0.2) is 0 Å². The van der Waals surface area contributed by atoms with E-state index >= 15 is 0 Å². The maximum Gasteiger partial charge on any atom is 0.0595 e. The highest BCUT2D eigenvalue weighted by Crippen LogP contribution is 2.30.